The Morgan fingerprint density at radius 2 is 1.17 bits per heavy atom. The molecule has 30 heavy (non-hydrogen) atoms. The number of amides is 4. The van der Waals surface area contributed by atoms with Crippen molar-refractivity contribution >= 4 is 45.8 Å². The molecule has 0 aromatic heterocycles. The van der Waals surface area contributed by atoms with Crippen LogP contribution < -0.4 is 9.80 Å². The normalized spacial score (nSPS) is 13.0. The van der Waals surface area contributed by atoms with E-state index in [0.29, 0.717) is 22.5 Å². The molecule has 0 aliphatic carbocycles. The van der Waals surface area contributed by atoms with Gasteiger partial charge in [0, 0.05) is 13.8 Å². The summed E-state index contributed by atoms with van der Waals surface area (Å²) >= 11 is 0. The second kappa shape index (κ2) is 6.91. The number of anilines is 2. The molecule has 1 heterocycles. The Morgan fingerprint density at radius 3 is 1.57 bits per heavy atom. The van der Waals surface area contributed by atoms with Gasteiger partial charge in [-0.3, -0.25) is 24.1 Å². The van der Waals surface area contributed by atoms with E-state index >= 15 is 0 Å². The van der Waals surface area contributed by atoms with Crippen LogP contribution in [0.4, 0.5) is 11.4 Å². The van der Waals surface area contributed by atoms with E-state index in [2.05, 4.69) is 0 Å². The number of imide groups is 2. The molecule has 0 atom stereocenters. The zero-order chi connectivity index (χ0) is 21.7. The SMILES string of the molecule is CC(=O)N(C(C)=O)c1ccc(N2C(=O)c3cc4cc(C)c(C)cc4cc3C2=O)cc1. The zero-order valence-corrected chi connectivity index (χ0v) is 17.1. The van der Waals surface area contributed by atoms with Crippen molar-refractivity contribution in [2.45, 2.75) is 27.7 Å². The molecule has 6 heteroatoms. The Bertz CT molecular complexity index is 1180. The molecule has 0 fully saturated rings. The molecular weight excluding hydrogens is 380 g/mol. The van der Waals surface area contributed by atoms with Crippen LogP contribution in [0.5, 0.6) is 0 Å². The smallest absolute Gasteiger partial charge is 0.266 e. The average Bonchev–Trinajstić information content (AvgIpc) is 2.91. The first-order chi connectivity index (χ1) is 14.2. The predicted octanol–water partition coefficient (Wildman–Crippen LogP) is 4.16. The Balaban J connectivity index is 1.74. The lowest BCUT2D eigenvalue weighted by Crippen LogP contribution is -2.33. The molecule has 6 nitrogen and oxygen atoms in total. The number of carbonyl (C=O) groups excluding carboxylic acids is 4. The lowest BCUT2D eigenvalue weighted by Gasteiger charge is -2.19. The maximum absolute atomic E-state index is 13.0. The number of aryl methyl sites for hydroxylation is 2. The molecule has 0 spiro atoms. The Morgan fingerprint density at radius 1 is 0.733 bits per heavy atom. The van der Waals surface area contributed by atoms with Gasteiger partial charge in [-0.2, -0.15) is 0 Å². The second-order valence-electron chi connectivity index (χ2n) is 7.52. The Labute approximate surface area is 173 Å². The summed E-state index contributed by atoms with van der Waals surface area (Å²) in [6, 6.07) is 13.8. The van der Waals surface area contributed by atoms with Gasteiger partial charge in [-0.05, 0) is 72.1 Å². The molecule has 1 aliphatic heterocycles. The standard InChI is InChI=1S/C24H20N2O4/c1-13-9-17-11-21-22(12-18(17)10-14(13)2)24(30)26(23(21)29)20-7-5-19(6-8-20)25(15(3)27)16(4)28/h5-12H,1-4H3. The van der Waals surface area contributed by atoms with Gasteiger partial charge in [-0.15, -0.1) is 0 Å². The summed E-state index contributed by atoms with van der Waals surface area (Å²) in [4.78, 5) is 51.7. The van der Waals surface area contributed by atoms with Crippen molar-refractivity contribution in [2.24, 2.45) is 0 Å². The first kappa shape index (κ1) is 19.5. The quantitative estimate of drug-likeness (QED) is 0.606. The lowest BCUT2D eigenvalue weighted by atomic mass is 9.98. The van der Waals surface area contributed by atoms with Crippen molar-refractivity contribution in [2.75, 3.05) is 9.80 Å². The minimum atomic E-state index is -0.409. The van der Waals surface area contributed by atoms with Gasteiger partial charge in [0.1, 0.15) is 0 Å². The summed E-state index contributed by atoms with van der Waals surface area (Å²) < 4.78 is 0. The van der Waals surface area contributed by atoms with Gasteiger partial charge in [0.2, 0.25) is 11.8 Å². The number of nitrogens with zero attached hydrogens (tertiary/aromatic N) is 2. The van der Waals surface area contributed by atoms with Crippen molar-refractivity contribution in [3.05, 3.63) is 70.8 Å². The van der Waals surface area contributed by atoms with Crippen LogP contribution in [-0.4, -0.2) is 23.6 Å². The van der Waals surface area contributed by atoms with E-state index in [9.17, 15) is 19.2 Å². The van der Waals surface area contributed by atoms with Gasteiger partial charge in [0.25, 0.3) is 11.8 Å². The summed E-state index contributed by atoms with van der Waals surface area (Å²) in [6.45, 7) is 6.61. The van der Waals surface area contributed by atoms with Gasteiger partial charge in [-0.1, -0.05) is 12.1 Å². The maximum Gasteiger partial charge on any atom is 0.266 e. The molecule has 0 bridgehead atoms. The van der Waals surface area contributed by atoms with Crippen molar-refractivity contribution < 1.29 is 19.2 Å². The highest BCUT2D eigenvalue weighted by molar-refractivity contribution is 6.35. The van der Waals surface area contributed by atoms with Crippen LogP contribution in [0.3, 0.4) is 0 Å². The molecule has 4 rings (SSSR count). The summed E-state index contributed by atoms with van der Waals surface area (Å²) in [5.41, 5.74) is 3.74. The van der Waals surface area contributed by atoms with Crippen LogP contribution in [0.1, 0.15) is 45.7 Å². The lowest BCUT2D eigenvalue weighted by molar-refractivity contribution is -0.124. The van der Waals surface area contributed by atoms with Gasteiger partial charge < -0.3 is 0 Å². The van der Waals surface area contributed by atoms with Crippen molar-refractivity contribution in [1.29, 1.82) is 0 Å². The third-order valence-corrected chi connectivity index (χ3v) is 5.45. The summed E-state index contributed by atoms with van der Waals surface area (Å²) in [6.07, 6.45) is 0. The molecule has 4 amide bonds. The molecular formula is C24H20N2O4. The third kappa shape index (κ3) is 2.97. The molecule has 0 unspecified atom stereocenters. The first-order valence-electron chi connectivity index (χ1n) is 9.54. The molecule has 150 valence electrons. The molecule has 0 saturated heterocycles. The fourth-order valence-electron chi connectivity index (χ4n) is 3.83. The summed E-state index contributed by atoms with van der Waals surface area (Å²) in [5, 5.41) is 1.82. The van der Waals surface area contributed by atoms with Gasteiger partial charge >= 0.3 is 0 Å². The van der Waals surface area contributed by atoms with Crippen molar-refractivity contribution in [3.63, 3.8) is 0 Å². The minimum absolute atomic E-state index is 0.369. The third-order valence-electron chi connectivity index (χ3n) is 5.45. The highest BCUT2D eigenvalue weighted by atomic mass is 16.2. The van der Waals surface area contributed by atoms with E-state index < -0.39 is 23.6 Å². The zero-order valence-electron chi connectivity index (χ0n) is 17.1. The fourth-order valence-corrected chi connectivity index (χ4v) is 3.83. The van der Waals surface area contributed by atoms with Crippen molar-refractivity contribution in [1.82, 2.24) is 0 Å². The van der Waals surface area contributed by atoms with E-state index in [1.807, 2.05) is 26.0 Å². The predicted molar refractivity (Wildman–Crippen MR) is 115 cm³/mol. The van der Waals surface area contributed by atoms with Crippen LogP contribution in [0.2, 0.25) is 0 Å². The van der Waals surface area contributed by atoms with E-state index in [-0.39, 0.29) is 0 Å². The van der Waals surface area contributed by atoms with Crippen LogP contribution in [0.15, 0.2) is 48.5 Å². The average molecular weight is 400 g/mol. The summed E-state index contributed by atoms with van der Waals surface area (Å²) in [7, 11) is 0. The molecule has 1 aliphatic rings. The first-order valence-corrected chi connectivity index (χ1v) is 9.54. The minimum Gasteiger partial charge on any atom is -0.274 e. The van der Waals surface area contributed by atoms with Crippen LogP contribution >= 0.6 is 0 Å². The Kier molecular flexibility index (Phi) is 4.50. The molecule has 0 saturated carbocycles. The van der Waals surface area contributed by atoms with E-state index in [4.69, 9.17) is 0 Å². The largest absolute Gasteiger partial charge is 0.274 e. The van der Waals surface area contributed by atoms with Crippen LogP contribution in [0.25, 0.3) is 10.8 Å². The Hall–Kier alpha value is -3.80. The maximum atomic E-state index is 13.0. The summed E-state index contributed by atoms with van der Waals surface area (Å²) in [5.74, 6) is -1.60. The highest BCUT2D eigenvalue weighted by Gasteiger charge is 2.37. The molecule has 3 aromatic rings. The van der Waals surface area contributed by atoms with Crippen molar-refractivity contribution in [3.8, 4) is 0 Å². The number of carbonyl (C=O) groups is 4. The number of benzene rings is 3. The topological polar surface area (TPSA) is 74.8 Å². The number of hydrogen-bond donors (Lipinski definition) is 0. The van der Waals surface area contributed by atoms with E-state index in [1.165, 1.54) is 13.8 Å². The molecule has 0 radical (unpaired) electrons. The fraction of sp³-hybridized carbons (Fsp3) is 0.167. The number of hydrogen-bond acceptors (Lipinski definition) is 4. The molecule has 3 aromatic carbocycles. The second-order valence-corrected chi connectivity index (χ2v) is 7.52. The highest BCUT2D eigenvalue weighted by Crippen LogP contribution is 2.33. The monoisotopic (exact) mass is 400 g/mol. The number of rotatable bonds is 2. The van der Waals surface area contributed by atoms with Crippen LogP contribution in [0, 0.1) is 13.8 Å². The van der Waals surface area contributed by atoms with Gasteiger partial charge in [0.15, 0.2) is 0 Å². The van der Waals surface area contributed by atoms with Gasteiger partial charge in [-0.25, -0.2) is 4.90 Å². The van der Waals surface area contributed by atoms with Gasteiger partial charge in [0.05, 0.1) is 22.5 Å². The number of fused-ring (bicyclic) bond motifs is 2. The molecule has 0 N–H and O–H groups in total. The van der Waals surface area contributed by atoms with E-state index in [1.54, 1.807) is 36.4 Å². The van der Waals surface area contributed by atoms with Crippen LogP contribution in [-0.2, 0) is 9.59 Å². The van der Waals surface area contributed by atoms with E-state index in [0.717, 1.165) is 31.7 Å².